The first-order valence-electron chi connectivity index (χ1n) is 6.92. The van der Waals surface area contributed by atoms with Gasteiger partial charge in [0, 0.05) is 0 Å². The first-order chi connectivity index (χ1) is 7.27. The smallest absolute Gasteiger partial charge is 0.00208 e. The van der Waals surface area contributed by atoms with Crippen LogP contribution in [-0.2, 0) is 0 Å². The Labute approximate surface area is 96.0 Å². The van der Waals surface area contributed by atoms with Gasteiger partial charge in [-0.25, -0.2) is 0 Å². The van der Waals surface area contributed by atoms with Crippen molar-refractivity contribution in [1.82, 2.24) is 5.32 Å². The number of nitrogens with one attached hydrogen (secondary N) is 1. The minimum Gasteiger partial charge on any atom is -0.319 e. The fourth-order valence-electron chi connectivity index (χ4n) is 3.26. The molecule has 1 rings (SSSR count). The van der Waals surface area contributed by atoms with E-state index >= 15 is 0 Å². The van der Waals surface area contributed by atoms with Crippen LogP contribution in [0.5, 0.6) is 0 Å². The summed E-state index contributed by atoms with van der Waals surface area (Å²) in [7, 11) is 2.10. The van der Waals surface area contributed by atoms with Gasteiger partial charge in [-0.05, 0) is 37.8 Å². The minimum atomic E-state index is 0.925. The van der Waals surface area contributed by atoms with E-state index in [1.54, 1.807) is 0 Å². The molecule has 1 nitrogen and oxygen atoms in total. The van der Waals surface area contributed by atoms with Gasteiger partial charge in [-0.3, -0.25) is 0 Å². The predicted molar refractivity (Wildman–Crippen MR) is 68.1 cm³/mol. The predicted octanol–water partition coefficient (Wildman–Crippen LogP) is 3.84. The second-order valence-electron chi connectivity index (χ2n) is 5.49. The molecule has 2 atom stereocenters. The highest BCUT2D eigenvalue weighted by molar-refractivity contribution is 4.78. The molecule has 90 valence electrons. The summed E-state index contributed by atoms with van der Waals surface area (Å²) >= 11 is 0. The monoisotopic (exact) mass is 211 g/mol. The highest BCUT2D eigenvalue weighted by Gasteiger charge is 2.25. The van der Waals surface area contributed by atoms with Gasteiger partial charge in [-0.1, -0.05) is 52.4 Å². The molecule has 0 aromatic rings. The zero-order valence-corrected chi connectivity index (χ0v) is 10.9. The number of hydrogen-bond donors (Lipinski definition) is 1. The van der Waals surface area contributed by atoms with Crippen LogP contribution in [0.25, 0.3) is 0 Å². The van der Waals surface area contributed by atoms with Gasteiger partial charge in [0.05, 0.1) is 0 Å². The Morgan fingerprint density at radius 3 is 2.47 bits per heavy atom. The molecule has 0 radical (unpaired) electrons. The maximum absolute atomic E-state index is 3.39. The molecule has 1 N–H and O–H groups in total. The van der Waals surface area contributed by atoms with E-state index in [4.69, 9.17) is 0 Å². The van der Waals surface area contributed by atoms with Crippen LogP contribution in [0.3, 0.4) is 0 Å². The maximum atomic E-state index is 3.39. The minimum absolute atomic E-state index is 0.925. The summed E-state index contributed by atoms with van der Waals surface area (Å²) in [6.07, 6.45) is 10.1. The molecular formula is C14H29N. The van der Waals surface area contributed by atoms with Crippen molar-refractivity contribution in [2.24, 2.45) is 17.8 Å². The Morgan fingerprint density at radius 1 is 1.27 bits per heavy atom. The van der Waals surface area contributed by atoms with Crippen molar-refractivity contribution in [2.45, 2.75) is 58.8 Å². The van der Waals surface area contributed by atoms with Crippen LogP contribution < -0.4 is 5.32 Å². The topological polar surface area (TPSA) is 12.0 Å². The van der Waals surface area contributed by atoms with Crippen LogP contribution in [0.2, 0.25) is 0 Å². The van der Waals surface area contributed by atoms with Crippen LogP contribution >= 0.6 is 0 Å². The van der Waals surface area contributed by atoms with Crippen molar-refractivity contribution in [2.75, 3.05) is 13.6 Å². The Balaban J connectivity index is 2.34. The van der Waals surface area contributed by atoms with Crippen LogP contribution in [0, 0.1) is 17.8 Å². The summed E-state index contributed by atoms with van der Waals surface area (Å²) < 4.78 is 0. The normalized spacial score (nSPS) is 21.8. The third kappa shape index (κ3) is 4.55. The molecule has 0 heterocycles. The van der Waals surface area contributed by atoms with E-state index < -0.39 is 0 Å². The quantitative estimate of drug-likeness (QED) is 0.674. The molecule has 0 spiro atoms. The lowest BCUT2D eigenvalue weighted by atomic mass is 9.82. The summed E-state index contributed by atoms with van der Waals surface area (Å²) in [5.41, 5.74) is 0. The lowest BCUT2D eigenvalue weighted by molar-refractivity contribution is 0.265. The standard InChI is InChI=1S/C14H29N/c1-4-7-12(2)10-14(11-15-3)13-8-5-6-9-13/h12-15H,4-11H2,1-3H3. The second kappa shape index (κ2) is 7.27. The van der Waals surface area contributed by atoms with Gasteiger partial charge in [-0.15, -0.1) is 0 Å². The summed E-state index contributed by atoms with van der Waals surface area (Å²) in [6, 6.07) is 0. The van der Waals surface area contributed by atoms with E-state index in [2.05, 4.69) is 26.2 Å². The van der Waals surface area contributed by atoms with Crippen molar-refractivity contribution >= 4 is 0 Å². The fourth-order valence-corrected chi connectivity index (χ4v) is 3.26. The van der Waals surface area contributed by atoms with Crippen LogP contribution in [0.1, 0.15) is 58.8 Å². The molecule has 2 unspecified atom stereocenters. The summed E-state index contributed by atoms with van der Waals surface area (Å²) in [6.45, 7) is 5.97. The Morgan fingerprint density at radius 2 is 1.93 bits per heavy atom. The number of hydrogen-bond acceptors (Lipinski definition) is 1. The van der Waals surface area contributed by atoms with E-state index in [9.17, 15) is 0 Å². The van der Waals surface area contributed by atoms with E-state index in [0.717, 1.165) is 17.8 Å². The summed E-state index contributed by atoms with van der Waals surface area (Å²) in [5, 5.41) is 3.39. The average molecular weight is 211 g/mol. The van der Waals surface area contributed by atoms with E-state index in [-0.39, 0.29) is 0 Å². The van der Waals surface area contributed by atoms with Gasteiger partial charge in [0.2, 0.25) is 0 Å². The Kier molecular flexibility index (Phi) is 6.31. The van der Waals surface area contributed by atoms with Crippen LogP contribution in [-0.4, -0.2) is 13.6 Å². The molecule has 1 aliphatic rings. The molecule has 1 heteroatoms. The lowest BCUT2D eigenvalue weighted by Crippen LogP contribution is -2.26. The van der Waals surface area contributed by atoms with E-state index in [1.807, 2.05) is 0 Å². The molecule has 0 saturated heterocycles. The fraction of sp³-hybridized carbons (Fsp3) is 1.00. The Bertz CT molecular complexity index is 149. The molecular weight excluding hydrogens is 182 g/mol. The summed E-state index contributed by atoms with van der Waals surface area (Å²) in [4.78, 5) is 0. The van der Waals surface area contributed by atoms with E-state index in [0.29, 0.717) is 0 Å². The molecule has 0 aromatic carbocycles. The zero-order valence-electron chi connectivity index (χ0n) is 10.9. The highest BCUT2D eigenvalue weighted by Crippen LogP contribution is 2.34. The van der Waals surface area contributed by atoms with Crippen molar-refractivity contribution in [1.29, 1.82) is 0 Å². The first kappa shape index (κ1) is 13.0. The molecule has 0 aromatic heterocycles. The molecule has 0 amide bonds. The van der Waals surface area contributed by atoms with Gasteiger partial charge in [0.1, 0.15) is 0 Å². The van der Waals surface area contributed by atoms with Crippen molar-refractivity contribution in [3.63, 3.8) is 0 Å². The first-order valence-corrected chi connectivity index (χ1v) is 6.92. The summed E-state index contributed by atoms with van der Waals surface area (Å²) in [5.74, 6) is 2.89. The van der Waals surface area contributed by atoms with Crippen LogP contribution in [0.15, 0.2) is 0 Å². The van der Waals surface area contributed by atoms with Gasteiger partial charge in [0.15, 0.2) is 0 Å². The molecule has 0 bridgehead atoms. The lowest BCUT2D eigenvalue weighted by Gasteiger charge is -2.26. The maximum Gasteiger partial charge on any atom is -0.00208 e. The molecule has 0 aliphatic heterocycles. The Hall–Kier alpha value is -0.0400. The molecule has 1 fully saturated rings. The molecule has 15 heavy (non-hydrogen) atoms. The zero-order chi connectivity index (χ0) is 11.1. The van der Waals surface area contributed by atoms with Crippen molar-refractivity contribution in [3.8, 4) is 0 Å². The third-order valence-corrected chi connectivity index (χ3v) is 4.02. The SMILES string of the molecule is CCCC(C)CC(CNC)C1CCCC1. The van der Waals surface area contributed by atoms with Gasteiger partial charge in [-0.2, -0.15) is 0 Å². The molecule has 1 saturated carbocycles. The highest BCUT2D eigenvalue weighted by atomic mass is 14.8. The van der Waals surface area contributed by atoms with Gasteiger partial charge in [0.25, 0.3) is 0 Å². The number of rotatable bonds is 7. The largest absolute Gasteiger partial charge is 0.319 e. The second-order valence-corrected chi connectivity index (χ2v) is 5.49. The van der Waals surface area contributed by atoms with Gasteiger partial charge >= 0.3 is 0 Å². The van der Waals surface area contributed by atoms with Crippen molar-refractivity contribution in [3.05, 3.63) is 0 Å². The van der Waals surface area contributed by atoms with E-state index in [1.165, 1.54) is 51.5 Å². The molecule has 1 aliphatic carbocycles. The van der Waals surface area contributed by atoms with Gasteiger partial charge < -0.3 is 5.32 Å². The average Bonchev–Trinajstić information content (AvgIpc) is 2.70. The van der Waals surface area contributed by atoms with Crippen molar-refractivity contribution < 1.29 is 0 Å². The third-order valence-electron chi connectivity index (χ3n) is 4.02. The van der Waals surface area contributed by atoms with Crippen LogP contribution in [0.4, 0.5) is 0 Å².